The largest absolute Gasteiger partial charge is 0.424 e. The highest BCUT2D eigenvalue weighted by molar-refractivity contribution is 5.94. The minimum absolute atomic E-state index is 0.106. The van der Waals surface area contributed by atoms with Gasteiger partial charge in [0.1, 0.15) is 5.75 Å². The minimum atomic E-state index is -0.106. The van der Waals surface area contributed by atoms with Crippen molar-refractivity contribution in [3.8, 4) is 11.8 Å². The molecule has 0 aliphatic heterocycles. The van der Waals surface area contributed by atoms with E-state index in [-0.39, 0.29) is 11.9 Å². The third kappa shape index (κ3) is 8.11. The number of hydrogen-bond acceptors (Lipinski definition) is 9. The predicted octanol–water partition coefficient (Wildman–Crippen LogP) is 4.14. The number of ether oxygens (including phenoxy) is 3. The van der Waals surface area contributed by atoms with Crippen LogP contribution in [0.3, 0.4) is 0 Å². The first kappa shape index (κ1) is 26.8. The van der Waals surface area contributed by atoms with E-state index in [0.29, 0.717) is 74.7 Å². The summed E-state index contributed by atoms with van der Waals surface area (Å²) >= 11 is 0. The number of rotatable bonds is 15. The van der Waals surface area contributed by atoms with Gasteiger partial charge in [-0.2, -0.15) is 15.0 Å². The zero-order valence-corrected chi connectivity index (χ0v) is 22.1. The lowest BCUT2D eigenvalue weighted by Gasteiger charge is -2.23. The molecule has 3 unspecified atom stereocenters. The summed E-state index contributed by atoms with van der Waals surface area (Å²) in [5.74, 6) is 3.05. The Hall–Kier alpha value is -3.76. The van der Waals surface area contributed by atoms with Crippen molar-refractivity contribution in [2.75, 3.05) is 50.2 Å². The van der Waals surface area contributed by atoms with Crippen LogP contribution in [0.25, 0.3) is 0 Å². The minimum Gasteiger partial charge on any atom is -0.424 e. The van der Waals surface area contributed by atoms with Crippen molar-refractivity contribution in [2.45, 2.75) is 31.7 Å². The highest BCUT2D eigenvalue weighted by atomic mass is 16.5. The molecular formula is C29H36N6O4. The molecular weight excluding hydrogens is 496 g/mol. The average molecular weight is 533 g/mol. The molecule has 2 saturated carbocycles. The van der Waals surface area contributed by atoms with Gasteiger partial charge in [-0.1, -0.05) is 42.8 Å². The van der Waals surface area contributed by atoms with E-state index >= 15 is 0 Å². The SMILES string of the molecule is O=C(NCCOCCOCCNc1nc(NC2CC3CCC2C3)nc(Oc2ccccc2)n1)c1ccccc1. The standard InChI is InChI=1S/C29H36N6O4/c36-26(22-7-3-1-4-8-22)30-13-15-37-17-18-38-16-14-31-27-33-28(32-25-20-21-11-12-23(25)19-21)35-29(34-27)39-24-9-5-2-6-10-24/h1-10,21,23,25H,11-20H2,(H,30,36)(H2,31,32,33,34,35). The van der Waals surface area contributed by atoms with Crippen LogP contribution in [0.4, 0.5) is 11.9 Å². The quantitative estimate of drug-likeness (QED) is 0.248. The number of carbonyl (C=O) groups is 1. The lowest BCUT2D eigenvalue weighted by molar-refractivity contribution is 0.0519. The Morgan fingerprint density at radius 3 is 2.23 bits per heavy atom. The van der Waals surface area contributed by atoms with Crippen LogP contribution in [0.15, 0.2) is 60.7 Å². The van der Waals surface area contributed by atoms with Crippen molar-refractivity contribution in [3.63, 3.8) is 0 Å². The maximum absolute atomic E-state index is 12.0. The van der Waals surface area contributed by atoms with Crippen molar-refractivity contribution in [1.82, 2.24) is 20.3 Å². The van der Waals surface area contributed by atoms with Crippen LogP contribution in [0.5, 0.6) is 11.8 Å². The van der Waals surface area contributed by atoms with E-state index in [1.807, 2.05) is 48.5 Å². The monoisotopic (exact) mass is 532 g/mol. The first-order valence-electron chi connectivity index (χ1n) is 13.7. The summed E-state index contributed by atoms with van der Waals surface area (Å²) in [5.41, 5.74) is 0.638. The molecule has 39 heavy (non-hydrogen) atoms. The third-order valence-electron chi connectivity index (χ3n) is 7.09. The number of para-hydroxylation sites is 1. The first-order chi connectivity index (χ1) is 19.2. The van der Waals surface area contributed by atoms with E-state index < -0.39 is 0 Å². The number of fused-ring (bicyclic) bond motifs is 2. The summed E-state index contributed by atoms with van der Waals surface area (Å²) < 4.78 is 17.1. The van der Waals surface area contributed by atoms with Crippen molar-refractivity contribution >= 4 is 17.8 Å². The number of nitrogens with zero attached hydrogens (tertiary/aromatic N) is 3. The van der Waals surface area contributed by atoms with E-state index in [4.69, 9.17) is 14.2 Å². The number of amides is 1. The molecule has 206 valence electrons. The summed E-state index contributed by atoms with van der Waals surface area (Å²) in [6.45, 7) is 2.75. The molecule has 1 amide bonds. The molecule has 3 atom stereocenters. The molecule has 10 heteroatoms. The van der Waals surface area contributed by atoms with Crippen LogP contribution < -0.4 is 20.7 Å². The molecule has 3 N–H and O–H groups in total. The lowest BCUT2D eigenvalue weighted by atomic mass is 9.95. The van der Waals surface area contributed by atoms with Crippen molar-refractivity contribution in [2.24, 2.45) is 11.8 Å². The van der Waals surface area contributed by atoms with Gasteiger partial charge in [-0.3, -0.25) is 4.79 Å². The molecule has 2 aromatic carbocycles. The van der Waals surface area contributed by atoms with Gasteiger partial charge in [-0.25, -0.2) is 0 Å². The van der Waals surface area contributed by atoms with Gasteiger partial charge in [-0.15, -0.1) is 0 Å². The van der Waals surface area contributed by atoms with Gasteiger partial charge in [0.2, 0.25) is 11.9 Å². The van der Waals surface area contributed by atoms with Crippen LogP contribution >= 0.6 is 0 Å². The molecule has 0 spiro atoms. The van der Waals surface area contributed by atoms with Crippen molar-refractivity contribution in [1.29, 1.82) is 0 Å². The number of hydrogen-bond donors (Lipinski definition) is 3. The maximum atomic E-state index is 12.0. The molecule has 0 radical (unpaired) electrons. The molecule has 1 aromatic heterocycles. The van der Waals surface area contributed by atoms with Crippen LogP contribution in [0.1, 0.15) is 36.0 Å². The topological polar surface area (TPSA) is 120 Å². The van der Waals surface area contributed by atoms with Gasteiger partial charge in [0.15, 0.2) is 0 Å². The van der Waals surface area contributed by atoms with Gasteiger partial charge in [0, 0.05) is 24.7 Å². The molecule has 2 bridgehead atoms. The summed E-state index contributed by atoms with van der Waals surface area (Å²) in [4.78, 5) is 25.6. The molecule has 2 aliphatic carbocycles. The van der Waals surface area contributed by atoms with Gasteiger partial charge < -0.3 is 30.2 Å². The normalized spacial score (nSPS) is 19.5. The first-order valence-corrected chi connectivity index (χ1v) is 13.7. The zero-order chi connectivity index (χ0) is 26.7. The van der Waals surface area contributed by atoms with Gasteiger partial charge >= 0.3 is 6.01 Å². The van der Waals surface area contributed by atoms with Crippen LogP contribution in [0.2, 0.25) is 0 Å². The second-order valence-corrected chi connectivity index (χ2v) is 9.88. The fourth-order valence-corrected chi connectivity index (χ4v) is 5.21. The second kappa shape index (κ2) is 13.9. The number of carbonyl (C=O) groups excluding carboxylic acids is 1. The summed E-state index contributed by atoms with van der Waals surface area (Å²) in [6, 6.07) is 19.3. The van der Waals surface area contributed by atoms with E-state index in [0.717, 1.165) is 5.92 Å². The number of benzene rings is 2. The Bertz CT molecular complexity index is 1180. The summed E-state index contributed by atoms with van der Waals surface area (Å²) in [7, 11) is 0. The summed E-state index contributed by atoms with van der Waals surface area (Å²) in [6.07, 6.45) is 5.08. The van der Waals surface area contributed by atoms with Crippen LogP contribution in [0, 0.1) is 11.8 Å². The second-order valence-electron chi connectivity index (χ2n) is 9.88. The van der Waals surface area contributed by atoms with E-state index in [2.05, 4.69) is 30.9 Å². The highest BCUT2D eigenvalue weighted by Crippen LogP contribution is 2.45. The fourth-order valence-electron chi connectivity index (χ4n) is 5.21. The van der Waals surface area contributed by atoms with Gasteiger partial charge in [0.05, 0.1) is 26.4 Å². The molecule has 1 heterocycles. The van der Waals surface area contributed by atoms with Crippen LogP contribution in [-0.4, -0.2) is 66.4 Å². The maximum Gasteiger partial charge on any atom is 0.328 e. The molecule has 2 fully saturated rings. The van der Waals surface area contributed by atoms with Crippen molar-refractivity contribution in [3.05, 3.63) is 66.2 Å². The number of aromatic nitrogens is 3. The predicted molar refractivity (Wildman–Crippen MR) is 148 cm³/mol. The number of nitrogens with one attached hydrogen (secondary N) is 3. The highest BCUT2D eigenvalue weighted by Gasteiger charge is 2.39. The van der Waals surface area contributed by atoms with E-state index in [1.54, 1.807) is 12.1 Å². The zero-order valence-electron chi connectivity index (χ0n) is 22.1. The van der Waals surface area contributed by atoms with E-state index in [9.17, 15) is 4.79 Å². The fraction of sp³-hybridized carbons (Fsp3) is 0.448. The van der Waals surface area contributed by atoms with E-state index in [1.165, 1.54) is 25.7 Å². The lowest BCUT2D eigenvalue weighted by Crippen LogP contribution is -2.27. The molecule has 3 aromatic rings. The Labute approximate surface area is 228 Å². The Morgan fingerprint density at radius 2 is 1.51 bits per heavy atom. The summed E-state index contributed by atoms with van der Waals surface area (Å²) in [5, 5.41) is 9.58. The Morgan fingerprint density at radius 1 is 0.795 bits per heavy atom. The van der Waals surface area contributed by atoms with Crippen molar-refractivity contribution < 1.29 is 19.0 Å². The molecule has 2 aliphatic rings. The molecule has 5 rings (SSSR count). The molecule has 0 saturated heterocycles. The Balaban J connectivity index is 1.02. The smallest absolute Gasteiger partial charge is 0.328 e. The average Bonchev–Trinajstić information content (AvgIpc) is 3.58. The Kier molecular flexibility index (Phi) is 9.54. The van der Waals surface area contributed by atoms with Gasteiger partial charge in [0.25, 0.3) is 5.91 Å². The molecule has 10 nitrogen and oxygen atoms in total. The third-order valence-corrected chi connectivity index (χ3v) is 7.09. The number of anilines is 2. The van der Waals surface area contributed by atoms with Gasteiger partial charge in [-0.05, 0) is 55.4 Å². The van der Waals surface area contributed by atoms with Crippen LogP contribution in [-0.2, 0) is 9.47 Å².